The van der Waals surface area contributed by atoms with Gasteiger partial charge in [-0.15, -0.1) is 0 Å². The molecule has 2 aromatic carbocycles. The van der Waals surface area contributed by atoms with Crippen molar-refractivity contribution in [3.63, 3.8) is 0 Å². The maximum Gasteiger partial charge on any atom is 0.251 e. The second kappa shape index (κ2) is 8.87. The molecule has 0 heterocycles. The zero-order valence-electron chi connectivity index (χ0n) is 14.2. The van der Waals surface area contributed by atoms with Crippen molar-refractivity contribution in [3.8, 4) is 0 Å². The Morgan fingerprint density at radius 2 is 1.50 bits per heavy atom. The van der Waals surface area contributed by atoms with Crippen LogP contribution in [0.5, 0.6) is 0 Å². The first-order valence-corrected chi connectivity index (χ1v) is 8.24. The van der Waals surface area contributed by atoms with E-state index in [1.807, 2.05) is 62.4 Å². The molecule has 0 unspecified atom stereocenters. The molecule has 126 valence electrons. The smallest absolute Gasteiger partial charge is 0.251 e. The van der Waals surface area contributed by atoms with Crippen LogP contribution in [-0.4, -0.2) is 18.4 Å². The highest BCUT2D eigenvalue weighted by Gasteiger charge is 2.19. The van der Waals surface area contributed by atoms with Gasteiger partial charge in [0.05, 0.1) is 12.5 Å². The minimum absolute atomic E-state index is 0.0640. The maximum atomic E-state index is 12.4. The largest absolute Gasteiger partial charge is 0.356 e. The lowest BCUT2D eigenvalue weighted by atomic mass is 10.0. The molecule has 2 aromatic rings. The molecule has 0 saturated carbocycles. The molecule has 0 aliphatic rings. The van der Waals surface area contributed by atoms with E-state index in [9.17, 15) is 9.59 Å². The number of hydrogen-bond donors (Lipinski definition) is 2. The molecular formula is C20H24N2O2. The van der Waals surface area contributed by atoms with Gasteiger partial charge in [0, 0.05) is 12.1 Å². The third-order valence-corrected chi connectivity index (χ3v) is 3.64. The van der Waals surface area contributed by atoms with Gasteiger partial charge in [0.2, 0.25) is 5.91 Å². The second-order valence-corrected chi connectivity index (χ2v) is 6.20. The monoisotopic (exact) mass is 324 g/mol. The Balaban J connectivity index is 2.09. The van der Waals surface area contributed by atoms with Gasteiger partial charge in [-0.1, -0.05) is 62.4 Å². The number of carbonyl (C=O) groups excluding carboxylic acids is 2. The maximum absolute atomic E-state index is 12.4. The Morgan fingerprint density at radius 3 is 2.08 bits per heavy atom. The van der Waals surface area contributed by atoms with E-state index in [0.717, 1.165) is 5.56 Å². The van der Waals surface area contributed by atoms with Gasteiger partial charge in [0.25, 0.3) is 5.91 Å². The number of rotatable bonds is 7. The average Bonchev–Trinajstić information content (AvgIpc) is 2.61. The topological polar surface area (TPSA) is 58.2 Å². The molecule has 0 spiro atoms. The van der Waals surface area contributed by atoms with Crippen LogP contribution in [-0.2, 0) is 4.79 Å². The van der Waals surface area contributed by atoms with Gasteiger partial charge in [-0.25, -0.2) is 0 Å². The standard InChI is InChI=1S/C20H24N2O2/c1-15(2)14-21-19(23)13-18(16-9-5-3-6-10-16)22-20(24)17-11-7-4-8-12-17/h3-12,15,18H,13-14H2,1-2H3,(H,21,23)(H,22,24)/t18-/m1/s1. The third kappa shape index (κ3) is 5.54. The SMILES string of the molecule is CC(C)CNC(=O)C[C@@H](NC(=O)c1ccccc1)c1ccccc1. The van der Waals surface area contributed by atoms with Crippen LogP contribution in [0, 0.1) is 5.92 Å². The van der Waals surface area contributed by atoms with Crippen molar-refractivity contribution < 1.29 is 9.59 Å². The summed E-state index contributed by atoms with van der Waals surface area (Å²) in [6.45, 7) is 4.73. The molecule has 0 fully saturated rings. The minimum atomic E-state index is -0.355. The molecule has 2 amide bonds. The van der Waals surface area contributed by atoms with E-state index in [0.29, 0.717) is 18.0 Å². The van der Waals surface area contributed by atoms with Crippen LogP contribution in [0.3, 0.4) is 0 Å². The predicted molar refractivity (Wildman–Crippen MR) is 95.6 cm³/mol. The molecule has 4 heteroatoms. The summed E-state index contributed by atoms with van der Waals surface area (Å²) < 4.78 is 0. The van der Waals surface area contributed by atoms with Gasteiger partial charge in [0.1, 0.15) is 0 Å². The molecule has 0 aliphatic heterocycles. The Hall–Kier alpha value is -2.62. The number of carbonyl (C=O) groups is 2. The van der Waals surface area contributed by atoms with E-state index in [2.05, 4.69) is 10.6 Å². The fourth-order valence-electron chi connectivity index (χ4n) is 2.34. The van der Waals surface area contributed by atoms with Crippen molar-refractivity contribution in [1.29, 1.82) is 0 Å². The Labute approximate surface area is 143 Å². The van der Waals surface area contributed by atoms with Crippen molar-refractivity contribution in [2.45, 2.75) is 26.3 Å². The summed E-state index contributed by atoms with van der Waals surface area (Å²) >= 11 is 0. The second-order valence-electron chi connectivity index (χ2n) is 6.20. The summed E-state index contributed by atoms with van der Waals surface area (Å²) in [5.74, 6) is 0.148. The molecule has 0 bridgehead atoms. The predicted octanol–water partition coefficient (Wildman–Crippen LogP) is 3.32. The number of amides is 2. The third-order valence-electron chi connectivity index (χ3n) is 3.64. The molecule has 0 aromatic heterocycles. The van der Waals surface area contributed by atoms with Crippen LogP contribution in [0.2, 0.25) is 0 Å². The van der Waals surface area contributed by atoms with Gasteiger partial charge in [-0.2, -0.15) is 0 Å². The lowest BCUT2D eigenvalue weighted by Crippen LogP contribution is -2.35. The quantitative estimate of drug-likeness (QED) is 0.821. The number of nitrogens with one attached hydrogen (secondary N) is 2. The van der Waals surface area contributed by atoms with Crippen LogP contribution >= 0.6 is 0 Å². The summed E-state index contributed by atoms with van der Waals surface area (Å²) in [6, 6.07) is 18.2. The first-order chi connectivity index (χ1) is 11.6. The summed E-state index contributed by atoms with van der Waals surface area (Å²) in [7, 11) is 0. The summed E-state index contributed by atoms with van der Waals surface area (Å²) in [4.78, 5) is 24.6. The van der Waals surface area contributed by atoms with Crippen LogP contribution in [0.4, 0.5) is 0 Å². The van der Waals surface area contributed by atoms with E-state index in [-0.39, 0.29) is 24.3 Å². The van der Waals surface area contributed by atoms with Crippen molar-refractivity contribution in [2.75, 3.05) is 6.54 Å². The molecular weight excluding hydrogens is 300 g/mol. The Kier molecular flexibility index (Phi) is 6.55. The van der Waals surface area contributed by atoms with E-state index in [1.165, 1.54) is 0 Å². The van der Waals surface area contributed by atoms with E-state index < -0.39 is 0 Å². The number of benzene rings is 2. The molecule has 2 rings (SSSR count). The lowest BCUT2D eigenvalue weighted by molar-refractivity contribution is -0.121. The highest BCUT2D eigenvalue weighted by atomic mass is 16.2. The molecule has 0 aliphatic carbocycles. The van der Waals surface area contributed by atoms with Crippen molar-refractivity contribution in [2.24, 2.45) is 5.92 Å². The van der Waals surface area contributed by atoms with E-state index >= 15 is 0 Å². The first kappa shape index (κ1) is 17.7. The summed E-state index contributed by atoms with van der Waals surface area (Å²) in [6.07, 6.45) is 0.218. The van der Waals surface area contributed by atoms with Crippen LogP contribution < -0.4 is 10.6 Å². The fourth-order valence-corrected chi connectivity index (χ4v) is 2.34. The molecule has 1 atom stereocenters. The van der Waals surface area contributed by atoms with Crippen LogP contribution in [0.1, 0.15) is 42.2 Å². The molecule has 0 saturated heterocycles. The van der Waals surface area contributed by atoms with Gasteiger partial charge in [-0.3, -0.25) is 9.59 Å². The molecule has 4 nitrogen and oxygen atoms in total. The van der Waals surface area contributed by atoms with Crippen LogP contribution in [0.15, 0.2) is 60.7 Å². The number of hydrogen-bond acceptors (Lipinski definition) is 2. The summed E-state index contributed by atoms with van der Waals surface area (Å²) in [5.41, 5.74) is 1.50. The van der Waals surface area contributed by atoms with Crippen LogP contribution in [0.25, 0.3) is 0 Å². The van der Waals surface area contributed by atoms with E-state index in [4.69, 9.17) is 0 Å². The van der Waals surface area contributed by atoms with E-state index in [1.54, 1.807) is 12.1 Å². The average molecular weight is 324 g/mol. The highest BCUT2D eigenvalue weighted by molar-refractivity contribution is 5.94. The van der Waals surface area contributed by atoms with Crippen molar-refractivity contribution in [1.82, 2.24) is 10.6 Å². The lowest BCUT2D eigenvalue weighted by Gasteiger charge is -2.19. The van der Waals surface area contributed by atoms with Gasteiger partial charge in [0.15, 0.2) is 0 Å². The summed E-state index contributed by atoms with van der Waals surface area (Å²) in [5, 5.41) is 5.87. The minimum Gasteiger partial charge on any atom is -0.356 e. The fraction of sp³-hybridized carbons (Fsp3) is 0.300. The molecule has 24 heavy (non-hydrogen) atoms. The van der Waals surface area contributed by atoms with Gasteiger partial charge >= 0.3 is 0 Å². The van der Waals surface area contributed by atoms with Gasteiger partial charge < -0.3 is 10.6 Å². The van der Waals surface area contributed by atoms with Crippen molar-refractivity contribution >= 4 is 11.8 Å². The zero-order chi connectivity index (χ0) is 17.4. The molecule has 0 radical (unpaired) electrons. The first-order valence-electron chi connectivity index (χ1n) is 8.24. The zero-order valence-corrected chi connectivity index (χ0v) is 14.2. The van der Waals surface area contributed by atoms with Gasteiger partial charge in [-0.05, 0) is 23.6 Å². The normalized spacial score (nSPS) is 11.8. The Morgan fingerprint density at radius 1 is 0.917 bits per heavy atom. The van der Waals surface area contributed by atoms with Crippen molar-refractivity contribution in [3.05, 3.63) is 71.8 Å². The molecule has 2 N–H and O–H groups in total. The highest BCUT2D eigenvalue weighted by Crippen LogP contribution is 2.17. The Bertz CT molecular complexity index is 654.